The Balaban J connectivity index is 1.21. The average molecular weight is 420 g/mol. The molecule has 1 fully saturated rings. The van der Waals surface area contributed by atoms with Gasteiger partial charge in [0.25, 0.3) is 0 Å². The van der Waals surface area contributed by atoms with Crippen LogP contribution in [-0.2, 0) is 23.5 Å². The quantitative estimate of drug-likeness (QED) is 0.457. The second-order valence-corrected chi connectivity index (χ2v) is 8.26. The van der Waals surface area contributed by atoms with Crippen LogP contribution in [0.5, 0.6) is 0 Å². The zero-order valence-electron chi connectivity index (χ0n) is 17.0. The normalized spacial score (nSPS) is 17.6. The molecule has 0 saturated carbocycles. The van der Waals surface area contributed by atoms with Gasteiger partial charge in [-0.1, -0.05) is 24.3 Å². The molecule has 2 aromatic carbocycles. The van der Waals surface area contributed by atoms with Crippen LogP contribution in [0.1, 0.15) is 45.5 Å². The molecule has 1 spiro atoms. The van der Waals surface area contributed by atoms with Crippen molar-refractivity contribution in [2.75, 3.05) is 13.1 Å². The Hall–Kier alpha value is -2.96. The topological polar surface area (TPSA) is 42.4 Å². The number of benzene rings is 2. The van der Waals surface area contributed by atoms with Gasteiger partial charge in [0.2, 0.25) is 5.95 Å². The maximum atomic E-state index is 13.4. The molecule has 2 aliphatic heterocycles. The molecule has 3 heterocycles. The lowest BCUT2D eigenvalue weighted by atomic mass is 9.84. The number of fused-ring (bicyclic) bond motifs is 2. The van der Waals surface area contributed by atoms with Crippen molar-refractivity contribution < 1.29 is 18.3 Å². The molecule has 0 aliphatic carbocycles. The van der Waals surface area contributed by atoms with Gasteiger partial charge < -0.3 is 4.74 Å². The molecule has 158 valence electrons. The molecule has 4 nitrogen and oxygen atoms in total. The van der Waals surface area contributed by atoms with Gasteiger partial charge in [-0.3, -0.25) is 9.69 Å². The number of halogens is 2. The van der Waals surface area contributed by atoms with Crippen LogP contribution in [0.25, 0.3) is 0 Å². The van der Waals surface area contributed by atoms with Gasteiger partial charge in [-0.2, -0.15) is 4.39 Å². The van der Waals surface area contributed by atoms with Crippen molar-refractivity contribution in [3.8, 4) is 0 Å². The van der Waals surface area contributed by atoms with E-state index in [0.717, 1.165) is 49.2 Å². The SMILES string of the molecule is O=C(c1ccc(F)cc1)c1ccc(CN2CCC3(CC2)OCc2cc(F)ncc23)cc1. The van der Waals surface area contributed by atoms with E-state index >= 15 is 0 Å². The predicted molar refractivity (Wildman–Crippen MR) is 111 cm³/mol. The van der Waals surface area contributed by atoms with Gasteiger partial charge in [0.15, 0.2) is 5.78 Å². The molecule has 2 aliphatic rings. The predicted octanol–water partition coefficient (Wildman–Crippen LogP) is 4.61. The van der Waals surface area contributed by atoms with Gasteiger partial charge in [0, 0.05) is 42.5 Å². The number of hydrogen-bond acceptors (Lipinski definition) is 4. The molecule has 6 heteroatoms. The van der Waals surface area contributed by atoms with Crippen LogP contribution >= 0.6 is 0 Å². The van der Waals surface area contributed by atoms with Crippen LogP contribution in [0.15, 0.2) is 60.8 Å². The van der Waals surface area contributed by atoms with E-state index in [1.165, 1.54) is 30.3 Å². The van der Waals surface area contributed by atoms with E-state index in [1.54, 1.807) is 6.20 Å². The Labute approximate surface area is 179 Å². The van der Waals surface area contributed by atoms with Crippen LogP contribution in [-0.4, -0.2) is 28.8 Å². The highest BCUT2D eigenvalue weighted by molar-refractivity contribution is 6.08. The highest BCUT2D eigenvalue weighted by Crippen LogP contribution is 2.44. The minimum atomic E-state index is -0.460. The fraction of sp³-hybridized carbons (Fsp3) is 0.280. The highest BCUT2D eigenvalue weighted by Gasteiger charge is 2.43. The van der Waals surface area contributed by atoms with Crippen molar-refractivity contribution in [2.45, 2.75) is 31.6 Å². The van der Waals surface area contributed by atoms with Crippen LogP contribution in [0.3, 0.4) is 0 Å². The number of pyridine rings is 1. The molecule has 0 atom stereocenters. The lowest BCUT2D eigenvalue weighted by Gasteiger charge is -2.39. The van der Waals surface area contributed by atoms with E-state index in [0.29, 0.717) is 17.7 Å². The van der Waals surface area contributed by atoms with E-state index in [9.17, 15) is 13.6 Å². The minimum Gasteiger partial charge on any atom is -0.365 e. The Morgan fingerprint density at radius 1 is 1.00 bits per heavy atom. The number of ether oxygens (including phenoxy) is 1. The van der Waals surface area contributed by atoms with Gasteiger partial charge in [-0.05, 0) is 54.3 Å². The first-order chi connectivity index (χ1) is 15.0. The first-order valence-corrected chi connectivity index (χ1v) is 10.4. The largest absolute Gasteiger partial charge is 0.365 e. The number of hydrogen-bond donors (Lipinski definition) is 0. The number of likely N-dealkylation sites (tertiary alicyclic amines) is 1. The van der Waals surface area contributed by atoms with Crippen molar-refractivity contribution in [3.05, 3.63) is 100 Å². The van der Waals surface area contributed by atoms with Crippen molar-refractivity contribution in [1.29, 1.82) is 0 Å². The van der Waals surface area contributed by atoms with Crippen LogP contribution in [0, 0.1) is 11.8 Å². The molecule has 3 aromatic rings. The molecule has 0 N–H and O–H groups in total. The zero-order valence-corrected chi connectivity index (χ0v) is 17.0. The Kier molecular flexibility index (Phi) is 5.12. The number of nitrogens with zero attached hydrogens (tertiary/aromatic N) is 2. The van der Waals surface area contributed by atoms with Gasteiger partial charge >= 0.3 is 0 Å². The van der Waals surface area contributed by atoms with E-state index in [1.807, 2.05) is 24.3 Å². The average Bonchev–Trinajstić information content (AvgIpc) is 3.13. The van der Waals surface area contributed by atoms with Gasteiger partial charge in [0.05, 0.1) is 12.2 Å². The molecule has 5 rings (SSSR count). The smallest absolute Gasteiger partial charge is 0.213 e. The molecule has 31 heavy (non-hydrogen) atoms. The number of rotatable bonds is 4. The van der Waals surface area contributed by atoms with Gasteiger partial charge in [0.1, 0.15) is 5.82 Å². The molecule has 1 aromatic heterocycles. The number of ketones is 1. The molecular weight excluding hydrogens is 398 g/mol. The minimum absolute atomic E-state index is 0.117. The lowest BCUT2D eigenvalue weighted by molar-refractivity contribution is -0.0800. The first-order valence-electron chi connectivity index (χ1n) is 10.4. The Bertz CT molecular complexity index is 1110. The summed E-state index contributed by atoms with van der Waals surface area (Å²) in [6, 6.07) is 14.7. The zero-order chi connectivity index (χ0) is 21.4. The summed E-state index contributed by atoms with van der Waals surface area (Å²) in [6.07, 6.45) is 3.31. The second kappa shape index (κ2) is 7.94. The van der Waals surface area contributed by atoms with Crippen LogP contribution in [0.4, 0.5) is 8.78 Å². The summed E-state index contributed by atoms with van der Waals surface area (Å²) < 4.78 is 32.6. The fourth-order valence-corrected chi connectivity index (χ4v) is 4.56. The van der Waals surface area contributed by atoms with Crippen molar-refractivity contribution in [1.82, 2.24) is 9.88 Å². The molecule has 0 amide bonds. The maximum Gasteiger partial charge on any atom is 0.213 e. The Morgan fingerprint density at radius 3 is 2.32 bits per heavy atom. The third kappa shape index (κ3) is 3.89. The number of carbonyl (C=O) groups is 1. The van der Waals surface area contributed by atoms with Crippen molar-refractivity contribution in [3.63, 3.8) is 0 Å². The summed E-state index contributed by atoms with van der Waals surface area (Å²) in [6.45, 7) is 2.97. The van der Waals surface area contributed by atoms with E-state index in [-0.39, 0.29) is 17.2 Å². The monoisotopic (exact) mass is 420 g/mol. The van der Waals surface area contributed by atoms with E-state index < -0.39 is 5.95 Å². The van der Waals surface area contributed by atoms with Gasteiger partial charge in [-0.15, -0.1) is 0 Å². The standard InChI is InChI=1S/C25H22F2N2O2/c26-21-7-5-19(6-8-21)24(30)18-3-1-17(2-4-18)15-29-11-9-25(10-12-29)22-14-28-23(27)13-20(22)16-31-25/h1-8,13-14H,9-12,15-16H2. The summed E-state index contributed by atoms with van der Waals surface area (Å²) >= 11 is 0. The first kappa shape index (κ1) is 20.0. The lowest BCUT2D eigenvalue weighted by Crippen LogP contribution is -2.42. The molecule has 0 bridgehead atoms. The van der Waals surface area contributed by atoms with Gasteiger partial charge in [-0.25, -0.2) is 9.37 Å². The Morgan fingerprint density at radius 2 is 1.65 bits per heavy atom. The number of aromatic nitrogens is 1. The maximum absolute atomic E-state index is 13.4. The summed E-state index contributed by atoms with van der Waals surface area (Å²) in [7, 11) is 0. The van der Waals surface area contributed by atoms with E-state index in [2.05, 4.69) is 9.88 Å². The molecule has 0 unspecified atom stereocenters. The second-order valence-electron chi connectivity index (χ2n) is 8.26. The van der Waals surface area contributed by atoms with Crippen LogP contribution < -0.4 is 0 Å². The summed E-state index contributed by atoms with van der Waals surface area (Å²) in [4.78, 5) is 18.7. The molecule has 0 radical (unpaired) electrons. The summed E-state index contributed by atoms with van der Waals surface area (Å²) in [5.41, 5.74) is 3.77. The molecular formula is C25H22F2N2O2. The number of piperidine rings is 1. The fourth-order valence-electron chi connectivity index (χ4n) is 4.56. The van der Waals surface area contributed by atoms with Crippen LogP contribution in [0.2, 0.25) is 0 Å². The summed E-state index contributed by atoms with van der Waals surface area (Å²) in [5.74, 6) is -0.933. The third-order valence-electron chi connectivity index (χ3n) is 6.34. The van der Waals surface area contributed by atoms with E-state index in [4.69, 9.17) is 4.74 Å². The molecule has 1 saturated heterocycles. The number of carbonyl (C=O) groups excluding carboxylic acids is 1. The summed E-state index contributed by atoms with van der Waals surface area (Å²) in [5, 5.41) is 0. The third-order valence-corrected chi connectivity index (χ3v) is 6.34. The highest BCUT2D eigenvalue weighted by atomic mass is 19.1. The van der Waals surface area contributed by atoms with Crippen molar-refractivity contribution >= 4 is 5.78 Å². The van der Waals surface area contributed by atoms with Crippen molar-refractivity contribution in [2.24, 2.45) is 0 Å².